The maximum atomic E-state index is 13.0. The first-order valence-corrected chi connectivity index (χ1v) is 11.1. The molecule has 2 aromatic carbocycles. The molecule has 0 spiro atoms. The van der Waals surface area contributed by atoms with Crippen LogP contribution in [0, 0.1) is 24.0 Å². The van der Waals surface area contributed by atoms with Crippen molar-refractivity contribution < 1.29 is 9.72 Å². The van der Waals surface area contributed by atoms with Gasteiger partial charge < -0.3 is 9.80 Å². The maximum Gasteiger partial charge on any atom is 0.269 e. The molecular weight excluding hydrogens is 418 g/mol. The summed E-state index contributed by atoms with van der Waals surface area (Å²) in [6.45, 7) is 6.58. The fourth-order valence-electron chi connectivity index (χ4n) is 4.23. The van der Waals surface area contributed by atoms with Gasteiger partial charge in [-0.15, -0.1) is 0 Å². The molecule has 1 aliphatic heterocycles. The summed E-state index contributed by atoms with van der Waals surface area (Å²) in [4.78, 5) is 36.9. The summed E-state index contributed by atoms with van der Waals surface area (Å²) in [5.74, 6) is 1.57. The number of aromatic nitrogens is 2. The van der Waals surface area contributed by atoms with E-state index in [4.69, 9.17) is 4.98 Å². The second-order valence-corrected chi connectivity index (χ2v) is 8.26. The Balaban J connectivity index is 1.53. The highest BCUT2D eigenvalue weighted by Crippen LogP contribution is 2.25. The molecule has 170 valence electrons. The second-order valence-electron chi connectivity index (χ2n) is 8.26. The molecule has 4 rings (SSSR count). The Hall–Kier alpha value is -3.81. The average Bonchev–Trinajstić information content (AvgIpc) is 3.07. The Morgan fingerprint density at radius 3 is 2.39 bits per heavy atom. The van der Waals surface area contributed by atoms with Gasteiger partial charge in [-0.25, -0.2) is 9.97 Å². The topological polar surface area (TPSA) is 92.5 Å². The molecule has 1 aromatic heterocycles. The lowest BCUT2D eigenvalue weighted by atomic mass is 10.0. The van der Waals surface area contributed by atoms with E-state index in [1.165, 1.54) is 29.8 Å². The lowest BCUT2D eigenvalue weighted by Crippen LogP contribution is -2.35. The van der Waals surface area contributed by atoms with Gasteiger partial charge in [-0.2, -0.15) is 0 Å². The number of rotatable bonds is 5. The predicted molar refractivity (Wildman–Crippen MR) is 127 cm³/mol. The molecule has 0 N–H and O–H groups in total. The molecule has 8 heteroatoms. The van der Waals surface area contributed by atoms with Crippen molar-refractivity contribution in [1.29, 1.82) is 0 Å². The second kappa shape index (κ2) is 9.77. The molecule has 1 saturated heterocycles. The third kappa shape index (κ3) is 5.16. The minimum Gasteiger partial charge on any atom is -0.354 e. The summed E-state index contributed by atoms with van der Waals surface area (Å²) in [5.41, 5.74) is 3.74. The first-order chi connectivity index (χ1) is 15.9. The Morgan fingerprint density at radius 2 is 1.70 bits per heavy atom. The molecule has 0 atom stereocenters. The van der Waals surface area contributed by atoms with Crippen molar-refractivity contribution in [1.82, 2.24) is 14.9 Å². The van der Waals surface area contributed by atoms with Crippen LogP contribution in [0.2, 0.25) is 0 Å². The molecule has 0 saturated carbocycles. The van der Waals surface area contributed by atoms with Gasteiger partial charge in [0.15, 0.2) is 0 Å². The zero-order valence-corrected chi connectivity index (χ0v) is 18.9. The minimum absolute atomic E-state index is 0.0194. The molecule has 0 aliphatic carbocycles. The van der Waals surface area contributed by atoms with E-state index in [0.717, 1.165) is 42.3 Å². The van der Waals surface area contributed by atoms with Gasteiger partial charge in [-0.3, -0.25) is 14.9 Å². The number of nitro benzene ring substituents is 1. The highest BCUT2D eigenvalue weighted by atomic mass is 16.6. The Labute approximate surface area is 193 Å². The number of hydrogen-bond acceptors (Lipinski definition) is 6. The number of amides is 1. The van der Waals surface area contributed by atoms with Gasteiger partial charge in [0.25, 0.3) is 11.6 Å². The third-order valence-corrected chi connectivity index (χ3v) is 5.94. The highest BCUT2D eigenvalue weighted by Gasteiger charge is 2.24. The molecule has 3 aromatic rings. The maximum absolute atomic E-state index is 13.0. The first-order valence-electron chi connectivity index (χ1n) is 11.1. The van der Waals surface area contributed by atoms with E-state index in [9.17, 15) is 14.9 Å². The summed E-state index contributed by atoms with van der Waals surface area (Å²) in [6, 6.07) is 16.1. The van der Waals surface area contributed by atoms with E-state index in [1.807, 2.05) is 36.9 Å². The van der Waals surface area contributed by atoms with Crippen molar-refractivity contribution in [2.24, 2.45) is 0 Å². The third-order valence-electron chi connectivity index (χ3n) is 5.94. The molecule has 1 aliphatic rings. The fraction of sp³-hybridized carbons (Fsp3) is 0.320. The van der Waals surface area contributed by atoms with Gasteiger partial charge in [0.1, 0.15) is 11.6 Å². The van der Waals surface area contributed by atoms with Crippen LogP contribution in [0.1, 0.15) is 39.4 Å². The van der Waals surface area contributed by atoms with Gasteiger partial charge >= 0.3 is 0 Å². The fourth-order valence-corrected chi connectivity index (χ4v) is 4.23. The number of anilines is 1. The summed E-state index contributed by atoms with van der Waals surface area (Å²) < 4.78 is 0. The van der Waals surface area contributed by atoms with E-state index in [1.54, 1.807) is 0 Å². The number of non-ortho nitro benzene ring substituents is 1. The highest BCUT2D eigenvalue weighted by molar-refractivity contribution is 5.94. The van der Waals surface area contributed by atoms with Crippen molar-refractivity contribution in [2.45, 2.75) is 26.7 Å². The van der Waals surface area contributed by atoms with E-state index >= 15 is 0 Å². The number of hydrogen-bond donors (Lipinski definition) is 0. The summed E-state index contributed by atoms with van der Waals surface area (Å²) >= 11 is 0. The zero-order valence-electron chi connectivity index (χ0n) is 18.9. The van der Waals surface area contributed by atoms with E-state index in [-0.39, 0.29) is 11.6 Å². The molecule has 1 fully saturated rings. The summed E-state index contributed by atoms with van der Waals surface area (Å²) in [6.07, 6.45) is 1.57. The van der Waals surface area contributed by atoms with Crippen molar-refractivity contribution in [2.75, 3.05) is 31.1 Å². The zero-order chi connectivity index (χ0) is 23.4. The van der Waals surface area contributed by atoms with Crippen LogP contribution >= 0.6 is 0 Å². The summed E-state index contributed by atoms with van der Waals surface area (Å²) in [7, 11) is 0. The quantitative estimate of drug-likeness (QED) is 0.436. The lowest BCUT2D eigenvalue weighted by Gasteiger charge is -2.26. The van der Waals surface area contributed by atoms with Crippen LogP contribution in [0.15, 0.2) is 54.6 Å². The van der Waals surface area contributed by atoms with Gasteiger partial charge in [0.05, 0.1) is 4.92 Å². The van der Waals surface area contributed by atoms with E-state index < -0.39 is 4.92 Å². The van der Waals surface area contributed by atoms with Gasteiger partial charge in [-0.1, -0.05) is 30.3 Å². The van der Waals surface area contributed by atoms with Crippen LogP contribution in [-0.2, 0) is 6.42 Å². The lowest BCUT2D eigenvalue weighted by molar-refractivity contribution is -0.384. The average molecular weight is 446 g/mol. The van der Waals surface area contributed by atoms with E-state index in [2.05, 4.69) is 22.0 Å². The number of nitro groups is 1. The van der Waals surface area contributed by atoms with Crippen LogP contribution in [0.5, 0.6) is 0 Å². The van der Waals surface area contributed by atoms with Crippen LogP contribution in [0.25, 0.3) is 0 Å². The van der Waals surface area contributed by atoms with Crippen molar-refractivity contribution in [3.8, 4) is 0 Å². The smallest absolute Gasteiger partial charge is 0.269 e. The van der Waals surface area contributed by atoms with E-state index in [0.29, 0.717) is 25.2 Å². The standard InChI is InChI=1S/C25H27N5O3/c1-18-23(17-20-7-4-3-5-8-20)24(27-19(2)26-18)28-13-6-14-29(16-15-28)25(31)21-9-11-22(12-10-21)30(32)33/h3-5,7-12H,6,13-17H2,1-2H3. The molecule has 0 radical (unpaired) electrons. The molecule has 0 unspecified atom stereocenters. The number of carbonyl (C=O) groups excluding carboxylic acids is 1. The normalized spacial score (nSPS) is 14.1. The number of aryl methyl sites for hydroxylation is 2. The molecule has 33 heavy (non-hydrogen) atoms. The Morgan fingerprint density at radius 1 is 0.970 bits per heavy atom. The number of benzene rings is 2. The Kier molecular flexibility index (Phi) is 6.63. The molecule has 2 heterocycles. The van der Waals surface area contributed by atoms with Crippen molar-refractivity contribution >= 4 is 17.4 Å². The minimum atomic E-state index is -0.462. The molecule has 8 nitrogen and oxygen atoms in total. The number of nitrogens with zero attached hydrogens (tertiary/aromatic N) is 5. The van der Waals surface area contributed by atoms with Crippen LogP contribution in [0.3, 0.4) is 0 Å². The van der Waals surface area contributed by atoms with Gasteiger partial charge in [0.2, 0.25) is 0 Å². The predicted octanol–water partition coefficient (Wildman–Crippen LogP) is 3.94. The molecular formula is C25H27N5O3. The van der Waals surface area contributed by atoms with Gasteiger partial charge in [0, 0.05) is 61.6 Å². The largest absolute Gasteiger partial charge is 0.354 e. The van der Waals surface area contributed by atoms with Crippen LogP contribution < -0.4 is 4.90 Å². The van der Waals surface area contributed by atoms with Gasteiger partial charge in [-0.05, 0) is 38.0 Å². The number of carbonyl (C=O) groups is 1. The van der Waals surface area contributed by atoms with Crippen LogP contribution in [-0.4, -0.2) is 51.9 Å². The SMILES string of the molecule is Cc1nc(C)c(Cc2ccccc2)c(N2CCCN(C(=O)c3ccc([N+](=O)[O-])cc3)CC2)n1. The Bertz CT molecular complexity index is 1150. The molecule has 1 amide bonds. The molecule has 0 bridgehead atoms. The summed E-state index contributed by atoms with van der Waals surface area (Å²) in [5, 5.41) is 10.9. The van der Waals surface area contributed by atoms with Crippen molar-refractivity contribution in [3.05, 3.63) is 92.9 Å². The first kappa shape index (κ1) is 22.4. The monoisotopic (exact) mass is 445 g/mol. The van der Waals surface area contributed by atoms with Crippen molar-refractivity contribution in [3.63, 3.8) is 0 Å². The van der Waals surface area contributed by atoms with Crippen LogP contribution in [0.4, 0.5) is 11.5 Å².